The standard InChI is InChI=1S/C25H43N3O4/c1-17(2)13-18(15-23(29)30)24(31)27-21-14-19-16-28(22-10-6-5-9-20(19)22)12-8-4-3-7-11-26-25(21)32/h17-22H,3-16H2,1-2H3,(H,26,32)(H,27,31)(H,29,30)/t18-,19?,20?,21+,22?/m1/s1. The third-order valence-corrected chi connectivity index (χ3v) is 7.72. The van der Waals surface area contributed by atoms with Crippen LogP contribution in [0.3, 0.4) is 0 Å². The maximum Gasteiger partial charge on any atom is 0.304 e. The van der Waals surface area contributed by atoms with Gasteiger partial charge in [0.1, 0.15) is 6.04 Å². The summed E-state index contributed by atoms with van der Waals surface area (Å²) in [5, 5.41) is 15.3. The molecule has 0 radical (unpaired) electrons. The Hall–Kier alpha value is -1.63. The molecule has 4 unspecified atom stereocenters. The quantitative estimate of drug-likeness (QED) is 0.578. The first-order valence-electron chi connectivity index (χ1n) is 12.9. The fraction of sp³-hybridized carbons (Fsp3) is 0.880. The molecule has 7 heteroatoms. The molecular weight excluding hydrogens is 406 g/mol. The Morgan fingerprint density at radius 2 is 1.88 bits per heavy atom. The minimum atomic E-state index is -0.971. The number of aliphatic carboxylic acids is 1. The number of fused-ring (bicyclic) bond motifs is 5. The largest absolute Gasteiger partial charge is 0.481 e. The predicted molar refractivity (Wildman–Crippen MR) is 124 cm³/mol. The van der Waals surface area contributed by atoms with Crippen LogP contribution in [0.2, 0.25) is 0 Å². The molecular formula is C25H43N3O4. The van der Waals surface area contributed by atoms with E-state index in [4.69, 9.17) is 0 Å². The highest BCUT2D eigenvalue weighted by atomic mass is 16.4. The molecule has 2 amide bonds. The fourth-order valence-electron chi connectivity index (χ4n) is 6.24. The van der Waals surface area contributed by atoms with Crippen LogP contribution in [0.1, 0.15) is 84.5 Å². The van der Waals surface area contributed by atoms with E-state index in [1.54, 1.807) is 0 Å². The summed E-state index contributed by atoms with van der Waals surface area (Å²) in [6.07, 6.45) is 10.4. The summed E-state index contributed by atoms with van der Waals surface area (Å²) < 4.78 is 0. The average molecular weight is 450 g/mol. The average Bonchev–Trinajstić information content (AvgIpc) is 3.08. The zero-order chi connectivity index (χ0) is 23.1. The molecule has 2 heterocycles. The topological polar surface area (TPSA) is 98.7 Å². The van der Waals surface area contributed by atoms with Crippen LogP contribution in [0.25, 0.3) is 0 Å². The summed E-state index contributed by atoms with van der Waals surface area (Å²) in [5.74, 6) is -0.758. The molecule has 32 heavy (non-hydrogen) atoms. The van der Waals surface area contributed by atoms with Crippen molar-refractivity contribution in [2.45, 2.75) is 96.6 Å². The Morgan fingerprint density at radius 3 is 2.62 bits per heavy atom. The first-order valence-corrected chi connectivity index (χ1v) is 12.9. The molecule has 3 rings (SSSR count). The summed E-state index contributed by atoms with van der Waals surface area (Å²) in [5.41, 5.74) is 0. The van der Waals surface area contributed by atoms with Crippen molar-refractivity contribution in [1.82, 2.24) is 15.5 Å². The molecule has 0 aromatic rings. The highest BCUT2D eigenvalue weighted by molar-refractivity contribution is 5.89. The smallest absolute Gasteiger partial charge is 0.304 e. The van der Waals surface area contributed by atoms with E-state index in [1.165, 1.54) is 38.5 Å². The molecule has 1 aliphatic carbocycles. The van der Waals surface area contributed by atoms with Gasteiger partial charge in [0.25, 0.3) is 0 Å². The van der Waals surface area contributed by atoms with Gasteiger partial charge in [0.2, 0.25) is 11.8 Å². The second-order valence-corrected chi connectivity index (χ2v) is 10.7. The molecule has 6 atom stereocenters. The minimum Gasteiger partial charge on any atom is -0.481 e. The second kappa shape index (κ2) is 12.0. The van der Waals surface area contributed by atoms with E-state index in [0.717, 1.165) is 25.9 Å². The number of rotatable bonds is 6. The molecule has 3 fully saturated rings. The van der Waals surface area contributed by atoms with Gasteiger partial charge in [-0.1, -0.05) is 39.5 Å². The van der Waals surface area contributed by atoms with E-state index in [9.17, 15) is 19.5 Å². The Labute approximate surface area is 193 Å². The molecule has 7 nitrogen and oxygen atoms in total. The first kappa shape index (κ1) is 25.0. The van der Waals surface area contributed by atoms with Crippen molar-refractivity contribution >= 4 is 17.8 Å². The molecule has 1 saturated carbocycles. The Balaban J connectivity index is 1.75. The van der Waals surface area contributed by atoms with Gasteiger partial charge in [-0.25, -0.2) is 0 Å². The van der Waals surface area contributed by atoms with Crippen LogP contribution < -0.4 is 10.6 Å². The number of carboxylic acids is 1. The van der Waals surface area contributed by atoms with Crippen molar-refractivity contribution in [1.29, 1.82) is 0 Å². The van der Waals surface area contributed by atoms with Crippen LogP contribution in [0.5, 0.6) is 0 Å². The summed E-state index contributed by atoms with van der Waals surface area (Å²) in [6, 6.07) is 0.0380. The minimum absolute atomic E-state index is 0.109. The van der Waals surface area contributed by atoms with E-state index in [1.807, 2.05) is 13.8 Å². The fourth-order valence-corrected chi connectivity index (χ4v) is 6.24. The summed E-state index contributed by atoms with van der Waals surface area (Å²) >= 11 is 0. The predicted octanol–water partition coefficient (Wildman–Crippen LogP) is 3.18. The van der Waals surface area contributed by atoms with Crippen LogP contribution in [0.4, 0.5) is 0 Å². The lowest BCUT2D eigenvalue weighted by atomic mass is 9.77. The van der Waals surface area contributed by atoms with E-state index in [2.05, 4.69) is 15.5 Å². The van der Waals surface area contributed by atoms with Crippen LogP contribution >= 0.6 is 0 Å². The van der Waals surface area contributed by atoms with Gasteiger partial charge < -0.3 is 15.7 Å². The third kappa shape index (κ3) is 6.93. The van der Waals surface area contributed by atoms with Gasteiger partial charge in [-0.2, -0.15) is 0 Å². The summed E-state index contributed by atoms with van der Waals surface area (Å²) in [6.45, 7) is 6.77. The molecule has 3 aliphatic rings. The summed E-state index contributed by atoms with van der Waals surface area (Å²) in [7, 11) is 0. The first-order chi connectivity index (χ1) is 15.3. The summed E-state index contributed by atoms with van der Waals surface area (Å²) in [4.78, 5) is 40.2. The van der Waals surface area contributed by atoms with Crippen molar-refractivity contribution in [3.63, 3.8) is 0 Å². The maximum atomic E-state index is 13.1. The molecule has 2 bridgehead atoms. The monoisotopic (exact) mass is 449 g/mol. The van der Waals surface area contributed by atoms with E-state index < -0.39 is 17.9 Å². The van der Waals surface area contributed by atoms with E-state index in [0.29, 0.717) is 37.3 Å². The number of carbonyl (C=O) groups is 3. The number of nitrogens with one attached hydrogen (secondary N) is 2. The SMILES string of the molecule is CC(C)C[C@H](CC(=O)O)C(=O)N[C@H]1CC2CN(CCCCCCNC1=O)C1CCCCC21. The number of carbonyl (C=O) groups excluding carboxylic acids is 2. The van der Waals surface area contributed by atoms with Gasteiger partial charge in [-0.05, 0) is 62.8 Å². The highest BCUT2D eigenvalue weighted by Gasteiger charge is 2.44. The van der Waals surface area contributed by atoms with Gasteiger partial charge in [0, 0.05) is 25.0 Å². The number of nitrogens with zero attached hydrogens (tertiary/aromatic N) is 1. The number of carboxylic acid groups (broad SMARTS) is 1. The lowest BCUT2D eigenvalue weighted by Crippen LogP contribution is -2.50. The molecule has 0 spiro atoms. The maximum absolute atomic E-state index is 13.1. The zero-order valence-corrected chi connectivity index (χ0v) is 20.0. The van der Waals surface area contributed by atoms with Crippen LogP contribution in [-0.2, 0) is 14.4 Å². The highest BCUT2D eigenvalue weighted by Crippen LogP contribution is 2.42. The van der Waals surface area contributed by atoms with Crippen molar-refractivity contribution in [2.24, 2.45) is 23.7 Å². The molecule has 3 N–H and O–H groups in total. The van der Waals surface area contributed by atoms with Gasteiger partial charge in [0.15, 0.2) is 0 Å². The van der Waals surface area contributed by atoms with Gasteiger partial charge in [-0.15, -0.1) is 0 Å². The normalized spacial score (nSPS) is 32.6. The molecule has 182 valence electrons. The van der Waals surface area contributed by atoms with E-state index >= 15 is 0 Å². The molecule has 2 aliphatic heterocycles. The molecule has 0 aromatic carbocycles. The molecule has 2 saturated heterocycles. The van der Waals surface area contributed by atoms with Crippen molar-refractivity contribution in [2.75, 3.05) is 19.6 Å². The molecule has 0 aromatic heterocycles. The number of hydrogen-bond donors (Lipinski definition) is 3. The van der Waals surface area contributed by atoms with Crippen LogP contribution in [0, 0.1) is 23.7 Å². The van der Waals surface area contributed by atoms with Crippen molar-refractivity contribution < 1.29 is 19.5 Å². The Kier molecular flexibility index (Phi) is 9.38. The zero-order valence-electron chi connectivity index (χ0n) is 20.0. The van der Waals surface area contributed by atoms with Gasteiger partial charge in [0.05, 0.1) is 6.42 Å². The van der Waals surface area contributed by atoms with Crippen molar-refractivity contribution in [3.8, 4) is 0 Å². The van der Waals surface area contributed by atoms with Gasteiger partial charge in [-0.3, -0.25) is 19.3 Å². The third-order valence-electron chi connectivity index (χ3n) is 7.72. The van der Waals surface area contributed by atoms with Crippen LogP contribution in [0.15, 0.2) is 0 Å². The Bertz CT molecular complexity index is 653. The van der Waals surface area contributed by atoms with Crippen LogP contribution in [-0.4, -0.2) is 59.5 Å². The lowest BCUT2D eigenvalue weighted by molar-refractivity contribution is -0.142. The lowest BCUT2D eigenvalue weighted by Gasteiger charge is -2.33. The number of hydrogen-bond acceptors (Lipinski definition) is 4. The van der Waals surface area contributed by atoms with Gasteiger partial charge >= 0.3 is 5.97 Å². The Morgan fingerprint density at radius 1 is 1.12 bits per heavy atom. The number of amides is 2. The van der Waals surface area contributed by atoms with E-state index in [-0.39, 0.29) is 24.2 Å². The second-order valence-electron chi connectivity index (χ2n) is 10.7. The van der Waals surface area contributed by atoms with Crippen molar-refractivity contribution in [3.05, 3.63) is 0 Å².